The zero-order valence-electron chi connectivity index (χ0n) is 18.7. The molecule has 4 aliphatic rings. The molecule has 1 aromatic rings. The lowest BCUT2D eigenvalue weighted by molar-refractivity contribution is -0.146. The largest absolute Gasteiger partial charge is 0.379 e. The van der Waals surface area contributed by atoms with Gasteiger partial charge in [-0.1, -0.05) is 30.7 Å². The molecule has 2 saturated carbocycles. The second kappa shape index (κ2) is 8.66. The van der Waals surface area contributed by atoms with Crippen LogP contribution in [0.4, 0.5) is 0 Å². The summed E-state index contributed by atoms with van der Waals surface area (Å²) in [4.78, 5) is 19.1. The van der Waals surface area contributed by atoms with Gasteiger partial charge in [-0.3, -0.25) is 9.69 Å². The summed E-state index contributed by atoms with van der Waals surface area (Å²) in [6.45, 7) is 9.03. The fourth-order valence-corrected chi connectivity index (χ4v) is 6.56. The van der Waals surface area contributed by atoms with Gasteiger partial charge in [0.25, 0.3) is 0 Å². The van der Waals surface area contributed by atoms with Gasteiger partial charge in [-0.25, -0.2) is 0 Å². The van der Waals surface area contributed by atoms with Crippen LogP contribution < -0.4 is 5.32 Å². The summed E-state index contributed by atoms with van der Waals surface area (Å²) in [5, 5.41) is 4.30. The number of benzene rings is 1. The van der Waals surface area contributed by atoms with E-state index in [1.165, 1.54) is 0 Å². The molecule has 1 N–H and O–H groups in total. The molecule has 2 aliphatic heterocycles. The minimum absolute atomic E-state index is 0.211. The molecule has 0 bridgehead atoms. The maximum Gasteiger partial charge on any atom is 0.228 e. The first-order chi connectivity index (χ1) is 15.0. The van der Waals surface area contributed by atoms with Crippen LogP contribution in [0.5, 0.6) is 0 Å². The Bertz CT molecular complexity index is 808. The van der Waals surface area contributed by atoms with E-state index in [4.69, 9.17) is 16.3 Å². The van der Waals surface area contributed by atoms with Gasteiger partial charge in [-0.2, -0.15) is 0 Å². The van der Waals surface area contributed by atoms with Crippen molar-refractivity contribution < 1.29 is 9.53 Å². The van der Waals surface area contributed by atoms with Gasteiger partial charge in [-0.05, 0) is 75.2 Å². The van der Waals surface area contributed by atoms with Crippen molar-refractivity contribution in [1.82, 2.24) is 15.1 Å². The minimum Gasteiger partial charge on any atom is -0.379 e. The summed E-state index contributed by atoms with van der Waals surface area (Å²) < 4.78 is 5.57. The van der Waals surface area contributed by atoms with Crippen molar-refractivity contribution in [3.63, 3.8) is 0 Å². The molecule has 4 fully saturated rings. The lowest BCUT2D eigenvalue weighted by Gasteiger charge is -2.53. The maximum absolute atomic E-state index is 14.0. The Morgan fingerprint density at radius 3 is 2.71 bits per heavy atom. The Balaban J connectivity index is 1.36. The topological polar surface area (TPSA) is 44.8 Å². The number of likely N-dealkylation sites (tertiary alicyclic amines) is 1. The van der Waals surface area contributed by atoms with Crippen LogP contribution in [0.1, 0.15) is 51.0 Å². The number of carbonyl (C=O) groups is 1. The van der Waals surface area contributed by atoms with Crippen LogP contribution >= 0.6 is 11.6 Å². The molecule has 2 heterocycles. The van der Waals surface area contributed by atoms with Crippen LogP contribution in [-0.2, 0) is 15.1 Å². The summed E-state index contributed by atoms with van der Waals surface area (Å²) >= 11 is 6.27. The molecular weight excluding hydrogens is 410 g/mol. The Labute approximate surface area is 191 Å². The first-order valence-electron chi connectivity index (χ1n) is 12.2. The number of piperidine rings is 1. The summed E-state index contributed by atoms with van der Waals surface area (Å²) in [6, 6.07) is 8.65. The molecule has 2 saturated heterocycles. The molecule has 0 spiro atoms. The van der Waals surface area contributed by atoms with Crippen LogP contribution in [0.25, 0.3) is 0 Å². The number of rotatable bonds is 5. The Kier molecular flexibility index (Phi) is 6.06. The highest BCUT2D eigenvalue weighted by Gasteiger charge is 2.55. The van der Waals surface area contributed by atoms with Crippen LogP contribution in [0.3, 0.4) is 0 Å². The predicted molar refractivity (Wildman–Crippen MR) is 123 cm³/mol. The molecule has 0 radical (unpaired) electrons. The lowest BCUT2D eigenvalue weighted by atomic mass is 9.60. The van der Waals surface area contributed by atoms with Crippen molar-refractivity contribution in [1.29, 1.82) is 0 Å². The number of nitrogens with one attached hydrogen (secondary N) is 1. The second-order valence-corrected chi connectivity index (χ2v) is 10.6. The number of morpholine rings is 1. The van der Waals surface area contributed by atoms with Gasteiger partial charge >= 0.3 is 0 Å². The van der Waals surface area contributed by atoms with Gasteiger partial charge in [0.05, 0.1) is 24.2 Å². The Hall–Kier alpha value is -1.14. The normalized spacial score (nSPS) is 33.5. The summed E-state index contributed by atoms with van der Waals surface area (Å²) in [5.74, 6) is 0.751. The molecule has 3 atom stereocenters. The van der Waals surface area contributed by atoms with Crippen molar-refractivity contribution in [2.75, 3.05) is 45.9 Å². The summed E-state index contributed by atoms with van der Waals surface area (Å²) in [5.41, 5.74) is 0.689. The molecule has 2 aliphatic carbocycles. The van der Waals surface area contributed by atoms with Crippen molar-refractivity contribution in [2.24, 2.45) is 11.3 Å². The first kappa shape index (κ1) is 21.7. The molecule has 31 heavy (non-hydrogen) atoms. The molecule has 0 aromatic heterocycles. The highest BCUT2D eigenvalue weighted by Crippen LogP contribution is 2.51. The van der Waals surface area contributed by atoms with Gasteiger partial charge < -0.3 is 15.0 Å². The number of hydrogen-bond donors (Lipinski definition) is 1. The smallest absolute Gasteiger partial charge is 0.228 e. The third kappa shape index (κ3) is 4.15. The predicted octanol–water partition coefficient (Wildman–Crippen LogP) is 3.66. The van der Waals surface area contributed by atoms with E-state index in [1.54, 1.807) is 0 Å². The second-order valence-electron chi connectivity index (χ2n) is 10.1. The summed E-state index contributed by atoms with van der Waals surface area (Å²) in [6.07, 6.45) is 6.40. The number of nitrogens with zero attached hydrogens (tertiary/aromatic N) is 2. The highest BCUT2D eigenvalue weighted by molar-refractivity contribution is 6.30. The van der Waals surface area contributed by atoms with Crippen LogP contribution in [-0.4, -0.2) is 67.7 Å². The zero-order chi connectivity index (χ0) is 21.5. The third-order valence-corrected chi connectivity index (χ3v) is 8.74. The van der Waals surface area contributed by atoms with Gasteiger partial charge in [-0.15, -0.1) is 0 Å². The molecule has 6 heteroatoms. The molecule has 1 aromatic carbocycles. The quantitative estimate of drug-likeness (QED) is 0.751. The third-order valence-electron chi connectivity index (χ3n) is 8.50. The van der Waals surface area contributed by atoms with Gasteiger partial charge in [0.15, 0.2) is 0 Å². The molecule has 170 valence electrons. The standard InChI is InChI=1S/C25H36ClN3O2/c1-2-28-11-7-19-17-22(29-12-14-31-15-13-29)6-8-24(19,18-28)23(30)27-25(9-10-25)20-4-3-5-21(26)16-20/h3-5,16,19,22H,2,6-15,17-18H2,1H3,(H,27,30)/t19-,22+,24-/m1/s1. The van der Waals surface area contributed by atoms with Crippen molar-refractivity contribution >= 4 is 17.5 Å². The highest BCUT2D eigenvalue weighted by atomic mass is 35.5. The van der Waals surface area contributed by atoms with Crippen molar-refractivity contribution in [3.05, 3.63) is 34.9 Å². The molecule has 5 nitrogen and oxygen atoms in total. The summed E-state index contributed by atoms with van der Waals surface area (Å²) in [7, 11) is 0. The average molecular weight is 446 g/mol. The maximum atomic E-state index is 14.0. The van der Waals surface area contributed by atoms with Crippen LogP contribution in [0.15, 0.2) is 24.3 Å². The zero-order valence-corrected chi connectivity index (χ0v) is 19.5. The molecule has 1 amide bonds. The molecular formula is C25H36ClN3O2. The number of amides is 1. The van der Waals surface area contributed by atoms with E-state index in [0.717, 1.165) is 95.0 Å². The Morgan fingerprint density at radius 1 is 1.19 bits per heavy atom. The van der Waals surface area contributed by atoms with Gasteiger partial charge in [0.2, 0.25) is 5.91 Å². The average Bonchev–Trinajstić information content (AvgIpc) is 3.59. The van der Waals surface area contributed by atoms with Crippen molar-refractivity contribution in [3.8, 4) is 0 Å². The minimum atomic E-state index is -0.259. The molecule has 0 unspecified atom stereocenters. The van der Waals surface area contributed by atoms with Gasteiger partial charge in [0.1, 0.15) is 0 Å². The number of fused-ring (bicyclic) bond motifs is 1. The number of ether oxygens (including phenoxy) is 1. The lowest BCUT2D eigenvalue weighted by Crippen LogP contribution is -2.61. The van der Waals surface area contributed by atoms with E-state index in [9.17, 15) is 4.79 Å². The number of carbonyl (C=O) groups excluding carboxylic acids is 1. The van der Waals surface area contributed by atoms with Crippen LogP contribution in [0.2, 0.25) is 5.02 Å². The van der Waals surface area contributed by atoms with E-state index in [2.05, 4.69) is 28.1 Å². The van der Waals surface area contributed by atoms with E-state index in [0.29, 0.717) is 12.0 Å². The number of halogens is 1. The van der Waals surface area contributed by atoms with Crippen molar-refractivity contribution in [2.45, 2.75) is 57.0 Å². The van der Waals surface area contributed by atoms with Gasteiger partial charge in [0, 0.05) is 30.7 Å². The van der Waals surface area contributed by atoms with E-state index in [1.807, 2.05) is 18.2 Å². The van der Waals surface area contributed by atoms with Crippen LogP contribution in [0, 0.1) is 11.3 Å². The number of hydrogen-bond acceptors (Lipinski definition) is 4. The van der Waals surface area contributed by atoms with E-state index >= 15 is 0 Å². The van der Waals surface area contributed by atoms with E-state index in [-0.39, 0.29) is 16.9 Å². The monoisotopic (exact) mass is 445 g/mol. The first-order valence-corrected chi connectivity index (χ1v) is 12.6. The molecule has 5 rings (SSSR count). The Morgan fingerprint density at radius 2 is 2.00 bits per heavy atom. The fraction of sp³-hybridized carbons (Fsp3) is 0.720. The van der Waals surface area contributed by atoms with E-state index < -0.39 is 0 Å². The SMILES string of the molecule is CCN1CC[C@@H]2C[C@@H](N3CCOCC3)CC[C@@]2(C(=O)NC2(c3cccc(Cl)c3)CC2)C1. The fourth-order valence-electron chi connectivity index (χ4n) is 6.37.